The predicted octanol–water partition coefficient (Wildman–Crippen LogP) is 0.812. The Labute approximate surface area is 66.6 Å². The molecule has 0 aromatic rings. The molecule has 0 aromatic carbocycles. The molecule has 4 unspecified atom stereocenters. The Morgan fingerprint density at radius 1 is 1.18 bits per heavy atom. The zero-order chi connectivity index (χ0) is 7.42. The third kappa shape index (κ3) is 0.639. The minimum Gasteiger partial charge on any atom is -0.298 e. The van der Waals surface area contributed by atoms with Gasteiger partial charge in [0.25, 0.3) is 0 Å². The maximum absolute atomic E-state index is 11.4. The van der Waals surface area contributed by atoms with Crippen LogP contribution in [0.5, 0.6) is 0 Å². The van der Waals surface area contributed by atoms with E-state index >= 15 is 0 Å². The van der Waals surface area contributed by atoms with Crippen LogP contribution < -0.4 is 0 Å². The maximum Gasteiger partial charge on any atom is 0.151 e. The summed E-state index contributed by atoms with van der Waals surface area (Å²) in [4.78, 5) is 13.9. The van der Waals surface area contributed by atoms with Crippen LogP contribution >= 0.6 is 0 Å². The van der Waals surface area contributed by atoms with E-state index in [-0.39, 0.29) is 0 Å². The first kappa shape index (κ1) is 6.18. The van der Waals surface area contributed by atoms with Gasteiger partial charge in [-0.3, -0.25) is 9.69 Å². The molecule has 3 fully saturated rings. The number of nitrogens with zero attached hydrogens (tertiary/aromatic N) is 1. The standard InChI is InChI=1S/C9H13NO/c11-9-5-10-6-1-3-7(9)8(10)4-2-6/h6-8H,1-5H2. The van der Waals surface area contributed by atoms with Crippen molar-refractivity contribution in [2.24, 2.45) is 5.92 Å². The van der Waals surface area contributed by atoms with Crippen LogP contribution in [0.1, 0.15) is 25.7 Å². The Morgan fingerprint density at radius 2 is 2.00 bits per heavy atom. The van der Waals surface area contributed by atoms with Gasteiger partial charge >= 0.3 is 0 Å². The third-order valence-electron chi connectivity index (χ3n) is 3.72. The first-order valence-electron chi connectivity index (χ1n) is 4.65. The van der Waals surface area contributed by atoms with Crippen molar-refractivity contribution in [3.05, 3.63) is 0 Å². The van der Waals surface area contributed by atoms with Crippen LogP contribution in [0, 0.1) is 5.92 Å². The van der Waals surface area contributed by atoms with Crippen molar-refractivity contribution in [3.8, 4) is 0 Å². The lowest BCUT2D eigenvalue weighted by Gasteiger charge is -2.29. The van der Waals surface area contributed by atoms with Gasteiger partial charge in [0.05, 0.1) is 6.54 Å². The Morgan fingerprint density at radius 3 is 2.82 bits per heavy atom. The summed E-state index contributed by atoms with van der Waals surface area (Å²) >= 11 is 0. The molecule has 0 N–H and O–H groups in total. The van der Waals surface area contributed by atoms with Gasteiger partial charge in [0, 0.05) is 18.0 Å². The summed E-state index contributed by atoms with van der Waals surface area (Å²) in [6.07, 6.45) is 5.12. The summed E-state index contributed by atoms with van der Waals surface area (Å²) in [7, 11) is 0. The van der Waals surface area contributed by atoms with Gasteiger partial charge in [0.1, 0.15) is 0 Å². The van der Waals surface area contributed by atoms with Crippen molar-refractivity contribution in [3.63, 3.8) is 0 Å². The highest BCUT2D eigenvalue weighted by atomic mass is 16.1. The smallest absolute Gasteiger partial charge is 0.151 e. The van der Waals surface area contributed by atoms with Crippen molar-refractivity contribution >= 4 is 5.78 Å². The number of ketones is 1. The van der Waals surface area contributed by atoms with Gasteiger partial charge in [-0.25, -0.2) is 0 Å². The average Bonchev–Trinajstić information content (AvgIpc) is 2.40. The van der Waals surface area contributed by atoms with Gasteiger partial charge < -0.3 is 0 Å². The van der Waals surface area contributed by atoms with Gasteiger partial charge in [0.2, 0.25) is 0 Å². The Hall–Kier alpha value is -0.370. The maximum atomic E-state index is 11.4. The number of rotatable bonds is 0. The first-order valence-corrected chi connectivity index (χ1v) is 4.65. The summed E-state index contributed by atoms with van der Waals surface area (Å²) in [5, 5.41) is 0. The van der Waals surface area contributed by atoms with Gasteiger partial charge in [-0.1, -0.05) is 0 Å². The lowest BCUT2D eigenvalue weighted by molar-refractivity contribution is -0.120. The normalized spacial score (nSPS) is 53.6. The molecule has 0 aliphatic carbocycles. The number of piperidine rings is 1. The monoisotopic (exact) mass is 151 g/mol. The van der Waals surface area contributed by atoms with Crippen molar-refractivity contribution in [1.82, 2.24) is 4.90 Å². The summed E-state index contributed by atoms with van der Waals surface area (Å²) in [5.41, 5.74) is 0. The molecule has 0 amide bonds. The minimum absolute atomic E-state index is 0.439. The third-order valence-corrected chi connectivity index (χ3v) is 3.72. The highest BCUT2D eigenvalue weighted by molar-refractivity contribution is 5.86. The van der Waals surface area contributed by atoms with Gasteiger partial charge in [0.15, 0.2) is 5.78 Å². The van der Waals surface area contributed by atoms with E-state index in [2.05, 4.69) is 4.90 Å². The topological polar surface area (TPSA) is 20.3 Å². The number of hydrogen-bond donors (Lipinski definition) is 0. The van der Waals surface area contributed by atoms with Crippen molar-refractivity contribution in [1.29, 1.82) is 0 Å². The molecule has 2 nitrogen and oxygen atoms in total. The van der Waals surface area contributed by atoms with E-state index in [0.717, 1.165) is 12.6 Å². The molecule has 0 spiro atoms. The molecule has 3 aliphatic heterocycles. The minimum atomic E-state index is 0.439. The molecule has 3 saturated heterocycles. The number of Topliss-reactive ketones (excluding diaryl/α,β-unsaturated/α-hetero) is 1. The zero-order valence-electron chi connectivity index (χ0n) is 6.62. The number of carbonyl (C=O) groups excluding carboxylic acids is 1. The van der Waals surface area contributed by atoms with Crippen LogP contribution in [0.15, 0.2) is 0 Å². The molecule has 4 atom stereocenters. The van der Waals surface area contributed by atoms with Gasteiger partial charge in [-0.15, -0.1) is 0 Å². The van der Waals surface area contributed by atoms with E-state index in [4.69, 9.17) is 0 Å². The Bertz CT molecular complexity index is 214. The summed E-state index contributed by atoms with van der Waals surface area (Å²) < 4.78 is 0. The van der Waals surface area contributed by atoms with E-state index in [9.17, 15) is 4.79 Å². The summed E-state index contributed by atoms with van der Waals surface area (Å²) in [6.45, 7) is 0.778. The molecular formula is C9H13NO. The van der Waals surface area contributed by atoms with Gasteiger partial charge in [-0.2, -0.15) is 0 Å². The molecule has 4 bridgehead atoms. The van der Waals surface area contributed by atoms with Crippen LogP contribution in [0.2, 0.25) is 0 Å². The molecule has 3 aliphatic rings. The van der Waals surface area contributed by atoms with E-state index in [0.29, 0.717) is 17.7 Å². The van der Waals surface area contributed by atoms with Crippen molar-refractivity contribution in [2.75, 3.05) is 6.54 Å². The quantitative estimate of drug-likeness (QED) is 0.510. The summed E-state index contributed by atoms with van der Waals surface area (Å²) in [5.74, 6) is 0.964. The Kier molecular flexibility index (Phi) is 1.05. The molecular weight excluding hydrogens is 138 g/mol. The fourth-order valence-corrected chi connectivity index (χ4v) is 3.19. The number of hydrogen-bond acceptors (Lipinski definition) is 2. The van der Waals surface area contributed by atoms with Crippen molar-refractivity contribution < 1.29 is 4.79 Å². The van der Waals surface area contributed by atoms with E-state index in [1.807, 2.05) is 0 Å². The van der Waals surface area contributed by atoms with Gasteiger partial charge in [-0.05, 0) is 25.7 Å². The second kappa shape index (κ2) is 1.86. The van der Waals surface area contributed by atoms with Crippen LogP contribution in [0.3, 0.4) is 0 Å². The van der Waals surface area contributed by atoms with Crippen LogP contribution in [-0.4, -0.2) is 29.3 Å². The highest BCUT2D eigenvalue weighted by Gasteiger charge is 2.50. The SMILES string of the molecule is O=C1CN2C3CCC1C2CC3. The molecule has 60 valence electrons. The molecule has 11 heavy (non-hydrogen) atoms. The van der Waals surface area contributed by atoms with E-state index in [1.54, 1.807) is 0 Å². The van der Waals surface area contributed by atoms with Crippen LogP contribution in [0.4, 0.5) is 0 Å². The molecule has 0 aromatic heterocycles. The molecule has 0 saturated carbocycles. The molecule has 2 heteroatoms. The lowest BCUT2D eigenvalue weighted by atomic mass is 9.93. The molecule has 3 rings (SSSR count). The largest absolute Gasteiger partial charge is 0.298 e. The highest BCUT2D eigenvalue weighted by Crippen LogP contribution is 2.43. The second-order valence-electron chi connectivity index (χ2n) is 4.12. The summed E-state index contributed by atoms with van der Waals surface area (Å²) in [6, 6.07) is 1.45. The number of carbonyl (C=O) groups is 1. The van der Waals surface area contributed by atoms with E-state index in [1.165, 1.54) is 25.7 Å². The molecule has 0 radical (unpaired) electrons. The van der Waals surface area contributed by atoms with E-state index < -0.39 is 0 Å². The Balaban J connectivity index is 2.01. The first-order chi connectivity index (χ1) is 5.36. The van der Waals surface area contributed by atoms with Crippen LogP contribution in [-0.2, 0) is 4.79 Å². The van der Waals surface area contributed by atoms with Crippen LogP contribution in [0.25, 0.3) is 0 Å². The fraction of sp³-hybridized carbons (Fsp3) is 0.889. The predicted molar refractivity (Wildman–Crippen MR) is 41.2 cm³/mol. The lowest BCUT2D eigenvalue weighted by Crippen LogP contribution is -2.36. The zero-order valence-corrected chi connectivity index (χ0v) is 6.62. The van der Waals surface area contributed by atoms with Crippen molar-refractivity contribution in [2.45, 2.75) is 37.8 Å². The fourth-order valence-electron chi connectivity index (χ4n) is 3.19. The molecule has 3 heterocycles. The second-order valence-corrected chi connectivity index (χ2v) is 4.12. The average molecular weight is 151 g/mol.